The molecule has 0 saturated carbocycles. The molecule has 2 heterocycles. The molecular formula is C23H29N3O5S. The smallest absolute Gasteiger partial charge is 0.257 e. The van der Waals surface area contributed by atoms with Gasteiger partial charge in [-0.05, 0) is 49.6 Å². The number of carbonyl (C=O) groups excluding carboxylic acids is 1. The number of rotatable bonds is 7. The molecule has 2 aromatic carbocycles. The van der Waals surface area contributed by atoms with Crippen molar-refractivity contribution in [3.05, 3.63) is 42.0 Å². The second-order valence-electron chi connectivity index (χ2n) is 7.84. The largest absolute Gasteiger partial charge is 0.454 e. The van der Waals surface area contributed by atoms with Crippen LogP contribution in [0, 0.1) is 0 Å². The highest BCUT2D eigenvalue weighted by molar-refractivity contribution is 7.89. The Hall–Kier alpha value is -2.78. The number of ether oxygens (including phenoxy) is 2. The maximum atomic E-state index is 13.3. The molecule has 0 unspecified atom stereocenters. The molecule has 1 fully saturated rings. The van der Waals surface area contributed by atoms with Crippen molar-refractivity contribution in [1.29, 1.82) is 0 Å². The number of nitrogens with zero attached hydrogens (tertiary/aromatic N) is 2. The normalized spacial score (nSPS) is 15.8. The summed E-state index contributed by atoms with van der Waals surface area (Å²) in [6.45, 7) is 6.17. The first-order chi connectivity index (χ1) is 15.4. The van der Waals surface area contributed by atoms with E-state index in [1.54, 1.807) is 44.2 Å². The van der Waals surface area contributed by atoms with E-state index >= 15 is 0 Å². The van der Waals surface area contributed by atoms with Crippen molar-refractivity contribution >= 4 is 27.3 Å². The summed E-state index contributed by atoms with van der Waals surface area (Å²) < 4.78 is 38.3. The molecule has 0 bridgehead atoms. The molecule has 0 aromatic heterocycles. The lowest BCUT2D eigenvalue weighted by Crippen LogP contribution is -2.33. The molecule has 0 aliphatic carbocycles. The molecule has 4 rings (SSSR count). The van der Waals surface area contributed by atoms with Crippen LogP contribution in [0.3, 0.4) is 0 Å². The van der Waals surface area contributed by atoms with Gasteiger partial charge in [-0.15, -0.1) is 0 Å². The minimum atomic E-state index is -3.69. The van der Waals surface area contributed by atoms with Crippen LogP contribution in [0.1, 0.15) is 43.5 Å². The summed E-state index contributed by atoms with van der Waals surface area (Å²) in [6, 6.07) is 10.1. The van der Waals surface area contributed by atoms with Crippen LogP contribution in [0.15, 0.2) is 41.3 Å². The molecule has 2 aliphatic rings. The van der Waals surface area contributed by atoms with Gasteiger partial charge in [-0.1, -0.05) is 13.8 Å². The highest BCUT2D eigenvalue weighted by Crippen LogP contribution is 2.35. The Morgan fingerprint density at radius 1 is 1.00 bits per heavy atom. The van der Waals surface area contributed by atoms with Crippen LogP contribution in [0.2, 0.25) is 0 Å². The van der Waals surface area contributed by atoms with Crippen molar-refractivity contribution in [1.82, 2.24) is 4.31 Å². The van der Waals surface area contributed by atoms with E-state index in [1.807, 2.05) is 0 Å². The van der Waals surface area contributed by atoms with Gasteiger partial charge in [-0.3, -0.25) is 4.79 Å². The Bertz CT molecular complexity index is 1090. The molecule has 8 nitrogen and oxygen atoms in total. The van der Waals surface area contributed by atoms with Crippen LogP contribution in [-0.2, 0) is 10.0 Å². The molecule has 172 valence electrons. The molecule has 32 heavy (non-hydrogen) atoms. The van der Waals surface area contributed by atoms with Crippen molar-refractivity contribution in [2.45, 2.75) is 38.0 Å². The molecule has 0 radical (unpaired) electrons. The number of carbonyl (C=O) groups is 1. The van der Waals surface area contributed by atoms with E-state index in [0.717, 1.165) is 38.0 Å². The van der Waals surface area contributed by atoms with Crippen molar-refractivity contribution < 1.29 is 22.7 Å². The summed E-state index contributed by atoms with van der Waals surface area (Å²) in [7, 11) is -3.69. The maximum Gasteiger partial charge on any atom is 0.257 e. The fourth-order valence-electron chi connectivity index (χ4n) is 4.15. The highest BCUT2D eigenvalue weighted by atomic mass is 32.2. The van der Waals surface area contributed by atoms with Crippen LogP contribution in [0.25, 0.3) is 0 Å². The van der Waals surface area contributed by atoms with Crippen LogP contribution in [-0.4, -0.2) is 51.6 Å². The fourth-order valence-corrected chi connectivity index (χ4v) is 5.64. The molecule has 2 aromatic rings. The predicted octanol–water partition coefficient (Wildman–Crippen LogP) is 3.69. The number of hydrogen-bond acceptors (Lipinski definition) is 6. The summed E-state index contributed by atoms with van der Waals surface area (Å²) in [4.78, 5) is 15.6. The number of amides is 1. The van der Waals surface area contributed by atoms with Crippen LogP contribution in [0.4, 0.5) is 11.4 Å². The Kier molecular flexibility index (Phi) is 6.57. The van der Waals surface area contributed by atoms with Gasteiger partial charge in [-0.25, -0.2) is 8.42 Å². The first-order valence-corrected chi connectivity index (χ1v) is 12.5. The standard InChI is InChI=1S/C23H29N3O5S/c1-3-26(4-2)32(28,29)18-9-10-20(25-12-6-5-7-13-25)19(15-18)23(27)24-17-8-11-21-22(14-17)31-16-30-21/h8-11,14-15H,3-7,12-13,16H2,1-2H3,(H,24,27). The fraction of sp³-hybridized carbons (Fsp3) is 0.435. The van der Waals surface area contributed by atoms with Gasteiger partial charge >= 0.3 is 0 Å². The third-order valence-electron chi connectivity index (χ3n) is 5.88. The van der Waals surface area contributed by atoms with E-state index < -0.39 is 10.0 Å². The van der Waals surface area contributed by atoms with Gasteiger partial charge in [0.2, 0.25) is 16.8 Å². The number of nitrogens with one attached hydrogen (secondary N) is 1. The number of piperidine rings is 1. The molecule has 2 aliphatic heterocycles. The molecule has 1 amide bonds. The highest BCUT2D eigenvalue weighted by Gasteiger charge is 2.26. The number of hydrogen-bond donors (Lipinski definition) is 1. The van der Waals surface area contributed by atoms with E-state index in [0.29, 0.717) is 35.8 Å². The lowest BCUT2D eigenvalue weighted by atomic mass is 10.1. The Morgan fingerprint density at radius 2 is 1.72 bits per heavy atom. The molecule has 9 heteroatoms. The molecule has 0 atom stereocenters. The van der Waals surface area contributed by atoms with Crippen LogP contribution < -0.4 is 19.7 Å². The van der Waals surface area contributed by atoms with Gasteiger partial charge in [-0.2, -0.15) is 4.31 Å². The molecule has 0 spiro atoms. The van der Waals surface area contributed by atoms with Crippen molar-refractivity contribution in [2.24, 2.45) is 0 Å². The van der Waals surface area contributed by atoms with Gasteiger partial charge in [0, 0.05) is 43.6 Å². The lowest BCUT2D eigenvalue weighted by molar-refractivity contribution is 0.102. The van der Waals surface area contributed by atoms with Crippen molar-refractivity contribution in [3.8, 4) is 11.5 Å². The quantitative estimate of drug-likeness (QED) is 0.679. The number of sulfonamides is 1. The van der Waals surface area contributed by atoms with Crippen LogP contribution >= 0.6 is 0 Å². The van der Waals surface area contributed by atoms with E-state index in [9.17, 15) is 13.2 Å². The Morgan fingerprint density at radius 3 is 2.44 bits per heavy atom. The lowest BCUT2D eigenvalue weighted by Gasteiger charge is -2.31. The van der Waals surface area contributed by atoms with Gasteiger partial charge < -0.3 is 19.7 Å². The molecular weight excluding hydrogens is 430 g/mol. The minimum Gasteiger partial charge on any atom is -0.454 e. The first-order valence-electron chi connectivity index (χ1n) is 11.0. The van der Waals surface area contributed by atoms with E-state index in [-0.39, 0.29) is 17.6 Å². The summed E-state index contributed by atoms with van der Waals surface area (Å²) in [5.41, 5.74) is 1.65. The van der Waals surface area contributed by atoms with Crippen molar-refractivity contribution in [2.75, 3.05) is 43.2 Å². The second kappa shape index (κ2) is 9.38. The zero-order valence-corrected chi connectivity index (χ0v) is 19.3. The zero-order chi connectivity index (χ0) is 22.7. The van der Waals surface area contributed by atoms with E-state index in [1.165, 1.54) is 10.4 Å². The van der Waals surface area contributed by atoms with Crippen LogP contribution in [0.5, 0.6) is 11.5 Å². The summed E-state index contributed by atoms with van der Waals surface area (Å²) in [5.74, 6) is 0.835. The van der Waals surface area contributed by atoms with Gasteiger partial charge in [0.05, 0.1) is 10.5 Å². The average Bonchev–Trinajstić information content (AvgIpc) is 3.28. The minimum absolute atomic E-state index is 0.123. The molecule has 1 N–H and O–H groups in total. The van der Waals surface area contributed by atoms with E-state index in [4.69, 9.17) is 9.47 Å². The van der Waals surface area contributed by atoms with Gasteiger partial charge in [0.15, 0.2) is 11.5 Å². The number of anilines is 2. The van der Waals surface area contributed by atoms with E-state index in [2.05, 4.69) is 10.2 Å². The second-order valence-corrected chi connectivity index (χ2v) is 9.78. The zero-order valence-electron chi connectivity index (χ0n) is 18.5. The average molecular weight is 460 g/mol. The van der Waals surface area contributed by atoms with Crippen molar-refractivity contribution in [3.63, 3.8) is 0 Å². The monoisotopic (exact) mass is 459 g/mol. The van der Waals surface area contributed by atoms with Gasteiger partial charge in [0.25, 0.3) is 5.91 Å². The third-order valence-corrected chi connectivity index (χ3v) is 7.93. The topological polar surface area (TPSA) is 88.2 Å². The third kappa shape index (κ3) is 4.40. The summed E-state index contributed by atoms with van der Waals surface area (Å²) in [6.07, 6.45) is 3.25. The summed E-state index contributed by atoms with van der Waals surface area (Å²) >= 11 is 0. The molecule has 1 saturated heterocycles. The SMILES string of the molecule is CCN(CC)S(=O)(=O)c1ccc(N2CCCCC2)c(C(=O)Nc2ccc3c(c2)OCO3)c1. The predicted molar refractivity (Wildman–Crippen MR) is 123 cm³/mol. The summed E-state index contributed by atoms with van der Waals surface area (Å²) in [5, 5.41) is 2.89. The van der Waals surface area contributed by atoms with Gasteiger partial charge in [0.1, 0.15) is 0 Å². The number of benzene rings is 2. The first kappa shape index (κ1) is 22.4. The maximum absolute atomic E-state index is 13.3. The number of fused-ring (bicyclic) bond motifs is 1. The Balaban J connectivity index is 1.70. The Labute approximate surface area is 189 Å².